The molecule has 0 saturated heterocycles. The van der Waals surface area contributed by atoms with Gasteiger partial charge in [-0.3, -0.25) is 4.79 Å². The Hall–Kier alpha value is -2.54. The van der Waals surface area contributed by atoms with Crippen LogP contribution >= 0.6 is 11.8 Å². The predicted molar refractivity (Wildman–Crippen MR) is 101 cm³/mol. The second-order valence-corrected chi connectivity index (χ2v) is 6.83. The molecule has 7 heteroatoms. The van der Waals surface area contributed by atoms with Crippen LogP contribution in [-0.2, 0) is 11.2 Å². The number of rotatable bonds is 8. The Kier molecular flexibility index (Phi) is 6.12. The van der Waals surface area contributed by atoms with E-state index in [0.29, 0.717) is 16.9 Å². The number of nitrogens with zero attached hydrogens (tertiary/aromatic N) is 2. The van der Waals surface area contributed by atoms with Gasteiger partial charge in [-0.15, -0.1) is 10.2 Å². The minimum Gasteiger partial charge on any atom is -0.469 e. The van der Waals surface area contributed by atoms with Crippen molar-refractivity contribution in [3.8, 4) is 11.5 Å². The summed E-state index contributed by atoms with van der Waals surface area (Å²) in [5.74, 6) is 1.19. The number of unbranched alkanes of at least 4 members (excludes halogenated alkanes) is 1. The van der Waals surface area contributed by atoms with Gasteiger partial charge in [-0.05, 0) is 43.5 Å². The van der Waals surface area contributed by atoms with Crippen molar-refractivity contribution in [3.63, 3.8) is 0 Å². The van der Waals surface area contributed by atoms with Crippen LogP contribution in [0.2, 0.25) is 0 Å². The maximum atomic E-state index is 12.1. The number of aryl methyl sites for hydroxylation is 2. The van der Waals surface area contributed by atoms with Crippen LogP contribution in [0.3, 0.4) is 0 Å². The minimum absolute atomic E-state index is 0.115. The summed E-state index contributed by atoms with van der Waals surface area (Å²) in [4.78, 5) is 12.1. The van der Waals surface area contributed by atoms with Crippen molar-refractivity contribution in [3.05, 3.63) is 47.9 Å². The average molecular weight is 371 g/mol. The lowest BCUT2D eigenvalue weighted by atomic mass is 10.1. The van der Waals surface area contributed by atoms with Crippen molar-refractivity contribution in [2.24, 2.45) is 0 Å². The fraction of sp³-hybridized carbons (Fsp3) is 0.316. The monoisotopic (exact) mass is 371 g/mol. The molecule has 2 heterocycles. The van der Waals surface area contributed by atoms with Crippen LogP contribution < -0.4 is 5.32 Å². The Balaban J connectivity index is 1.50. The minimum atomic E-state index is -0.115. The number of nitrogens with one attached hydrogen (secondary N) is 1. The van der Waals surface area contributed by atoms with E-state index in [0.717, 1.165) is 17.7 Å². The predicted octanol–water partition coefficient (Wildman–Crippen LogP) is 4.71. The van der Waals surface area contributed by atoms with E-state index >= 15 is 0 Å². The smallest absolute Gasteiger partial charge is 0.277 e. The van der Waals surface area contributed by atoms with Crippen molar-refractivity contribution in [2.45, 2.75) is 38.3 Å². The standard InChI is InChI=1S/C19H21N3O3S/c1-3-4-5-14-6-8-15(9-7-14)20-17(23)12-26-19-22-21-18(25-19)16-10-11-24-13(16)2/h6-11H,3-5,12H2,1-2H3,(H,20,23). The van der Waals surface area contributed by atoms with Crippen LogP contribution in [0.4, 0.5) is 5.69 Å². The third-order valence-electron chi connectivity index (χ3n) is 3.88. The Labute approximate surface area is 156 Å². The summed E-state index contributed by atoms with van der Waals surface area (Å²) in [5, 5.41) is 11.2. The molecule has 6 nitrogen and oxygen atoms in total. The number of carbonyl (C=O) groups excluding carboxylic acids is 1. The van der Waals surface area contributed by atoms with E-state index < -0.39 is 0 Å². The van der Waals surface area contributed by atoms with E-state index in [1.165, 1.54) is 30.2 Å². The van der Waals surface area contributed by atoms with Crippen LogP contribution in [0.5, 0.6) is 0 Å². The lowest BCUT2D eigenvalue weighted by Gasteiger charge is -2.05. The highest BCUT2D eigenvalue weighted by molar-refractivity contribution is 7.99. The largest absolute Gasteiger partial charge is 0.469 e. The van der Waals surface area contributed by atoms with Crippen LogP contribution in [-0.4, -0.2) is 21.9 Å². The summed E-state index contributed by atoms with van der Waals surface area (Å²) in [5.41, 5.74) is 2.83. The number of hydrogen-bond acceptors (Lipinski definition) is 6. The van der Waals surface area contributed by atoms with Gasteiger partial charge in [-0.25, -0.2) is 0 Å². The molecule has 1 amide bonds. The zero-order valence-corrected chi connectivity index (χ0v) is 15.6. The number of carbonyl (C=O) groups is 1. The molecule has 0 atom stereocenters. The number of aromatic nitrogens is 2. The van der Waals surface area contributed by atoms with Crippen molar-refractivity contribution in [2.75, 3.05) is 11.1 Å². The summed E-state index contributed by atoms with van der Waals surface area (Å²) in [6, 6.07) is 9.74. The second-order valence-electron chi connectivity index (χ2n) is 5.90. The zero-order chi connectivity index (χ0) is 18.4. The lowest BCUT2D eigenvalue weighted by molar-refractivity contribution is -0.113. The Bertz CT molecular complexity index is 855. The van der Waals surface area contributed by atoms with Crippen LogP contribution in [0.1, 0.15) is 31.1 Å². The van der Waals surface area contributed by atoms with E-state index in [-0.39, 0.29) is 11.7 Å². The topological polar surface area (TPSA) is 81.2 Å². The molecular weight excluding hydrogens is 350 g/mol. The van der Waals surface area contributed by atoms with Crippen LogP contribution in [0, 0.1) is 6.92 Å². The van der Waals surface area contributed by atoms with Gasteiger partial charge in [0.1, 0.15) is 5.76 Å². The molecule has 0 radical (unpaired) electrons. The summed E-state index contributed by atoms with van der Waals surface area (Å²) in [6.07, 6.45) is 4.99. The molecule has 136 valence electrons. The third kappa shape index (κ3) is 4.76. The Morgan fingerprint density at radius 1 is 1.19 bits per heavy atom. The molecule has 0 fully saturated rings. The van der Waals surface area contributed by atoms with Gasteiger partial charge in [-0.2, -0.15) is 0 Å². The normalized spacial score (nSPS) is 10.8. The molecule has 3 rings (SSSR count). The van der Waals surface area contributed by atoms with Gasteiger partial charge in [0, 0.05) is 5.69 Å². The summed E-state index contributed by atoms with van der Waals surface area (Å²) < 4.78 is 10.8. The van der Waals surface area contributed by atoms with E-state index in [4.69, 9.17) is 8.83 Å². The highest BCUT2D eigenvalue weighted by Gasteiger charge is 2.14. The molecule has 0 spiro atoms. The number of thioether (sulfide) groups is 1. The van der Waals surface area contributed by atoms with Crippen LogP contribution in [0.25, 0.3) is 11.5 Å². The van der Waals surface area contributed by atoms with Crippen molar-refractivity contribution in [1.29, 1.82) is 0 Å². The first-order chi connectivity index (χ1) is 12.7. The lowest BCUT2D eigenvalue weighted by Crippen LogP contribution is -2.13. The molecule has 0 bridgehead atoms. The van der Waals surface area contributed by atoms with Gasteiger partial charge in [0.15, 0.2) is 0 Å². The molecule has 0 aliphatic heterocycles. The molecule has 1 N–H and O–H groups in total. The maximum absolute atomic E-state index is 12.1. The molecule has 2 aromatic heterocycles. The summed E-state index contributed by atoms with van der Waals surface area (Å²) >= 11 is 1.20. The number of hydrogen-bond donors (Lipinski definition) is 1. The zero-order valence-electron chi connectivity index (χ0n) is 14.8. The molecule has 0 aliphatic rings. The number of furan rings is 1. The first kappa shape index (κ1) is 18.3. The third-order valence-corrected chi connectivity index (χ3v) is 4.70. The quantitative estimate of drug-likeness (QED) is 0.578. The first-order valence-corrected chi connectivity index (χ1v) is 9.54. The molecule has 0 unspecified atom stereocenters. The van der Waals surface area contributed by atoms with Crippen molar-refractivity contribution in [1.82, 2.24) is 10.2 Å². The number of anilines is 1. The first-order valence-electron chi connectivity index (χ1n) is 8.55. The molecule has 3 aromatic rings. The SMILES string of the molecule is CCCCc1ccc(NC(=O)CSc2nnc(-c3ccoc3C)o2)cc1. The van der Waals surface area contributed by atoms with Gasteiger partial charge in [0.25, 0.3) is 11.1 Å². The van der Waals surface area contributed by atoms with Crippen molar-refractivity contribution >= 4 is 23.4 Å². The van der Waals surface area contributed by atoms with E-state index in [1.54, 1.807) is 12.3 Å². The van der Waals surface area contributed by atoms with Crippen molar-refractivity contribution < 1.29 is 13.6 Å². The Morgan fingerprint density at radius 3 is 2.69 bits per heavy atom. The fourth-order valence-corrected chi connectivity index (χ4v) is 3.01. The second kappa shape index (κ2) is 8.71. The van der Waals surface area contributed by atoms with Crippen LogP contribution in [0.15, 0.2) is 50.7 Å². The molecule has 0 saturated carbocycles. The van der Waals surface area contributed by atoms with Gasteiger partial charge >= 0.3 is 0 Å². The van der Waals surface area contributed by atoms with Gasteiger partial charge in [0.05, 0.1) is 17.6 Å². The van der Waals surface area contributed by atoms with Gasteiger partial charge in [-0.1, -0.05) is 37.2 Å². The average Bonchev–Trinajstić information content (AvgIpc) is 3.28. The summed E-state index contributed by atoms with van der Waals surface area (Å²) in [6.45, 7) is 4.00. The maximum Gasteiger partial charge on any atom is 0.277 e. The Morgan fingerprint density at radius 2 is 2.00 bits per heavy atom. The van der Waals surface area contributed by atoms with E-state index in [9.17, 15) is 4.79 Å². The molecular formula is C19H21N3O3S. The fourth-order valence-electron chi connectivity index (χ4n) is 2.44. The van der Waals surface area contributed by atoms with Gasteiger partial charge < -0.3 is 14.2 Å². The number of amides is 1. The molecule has 26 heavy (non-hydrogen) atoms. The van der Waals surface area contributed by atoms with Gasteiger partial charge in [0.2, 0.25) is 5.91 Å². The van der Waals surface area contributed by atoms with E-state index in [1.807, 2.05) is 19.1 Å². The highest BCUT2D eigenvalue weighted by atomic mass is 32.2. The number of benzene rings is 1. The van der Waals surface area contributed by atoms with E-state index in [2.05, 4.69) is 34.6 Å². The summed E-state index contributed by atoms with van der Waals surface area (Å²) in [7, 11) is 0. The highest BCUT2D eigenvalue weighted by Crippen LogP contribution is 2.26. The molecule has 0 aliphatic carbocycles. The molecule has 1 aromatic carbocycles.